The van der Waals surface area contributed by atoms with Gasteiger partial charge in [-0.15, -0.1) is 0 Å². The van der Waals surface area contributed by atoms with E-state index >= 15 is 0 Å². The number of carbonyl (C=O) groups is 1. The third kappa shape index (κ3) is 3.43. The maximum atomic E-state index is 13.7. The molecular weight excluding hydrogens is 267 g/mol. The number of likely N-dealkylation sites (tertiary alicyclic amines) is 2. The standard InChI is InChI=1S/C17H23FN2O/c18-16-8-2-1-6-14(16)12-19-9-5-7-15(13-19)17(21)20-10-3-4-11-20/h1-2,6,8,15H,3-5,7,9-13H2/t15-/m1/s1. The Hall–Kier alpha value is -1.42. The molecule has 2 aliphatic rings. The number of benzene rings is 1. The van der Waals surface area contributed by atoms with Crippen LogP contribution in [0.25, 0.3) is 0 Å². The summed E-state index contributed by atoms with van der Waals surface area (Å²) in [6.45, 7) is 4.17. The van der Waals surface area contributed by atoms with Gasteiger partial charge in [0.1, 0.15) is 5.82 Å². The molecule has 0 spiro atoms. The fourth-order valence-electron chi connectivity index (χ4n) is 3.46. The predicted molar refractivity (Wildman–Crippen MR) is 80.2 cm³/mol. The van der Waals surface area contributed by atoms with Crippen LogP contribution in [0.15, 0.2) is 24.3 Å². The summed E-state index contributed by atoms with van der Waals surface area (Å²) in [6, 6.07) is 6.93. The van der Waals surface area contributed by atoms with Gasteiger partial charge in [-0.25, -0.2) is 4.39 Å². The molecule has 21 heavy (non-hydrogen) atoms. The number of hydrogen-bond donors (Lipinski definition) is 0. The molecule has 0 N–H and O–H groups in total. The first kappa shape index (κ1) is 14.5. The summed E-state index contributed by atoms with van der Waals surface area (Å²) >= 11 is 0. The summed E-state index contributed by atoms with van der Waals surface area (Å²) in [7, 11) is 0. The molecule has 0 aromatic heterocycles. The van der Waals surface area contributed by atoms with E-state index in [4.69, 9.17) is 0 Å². The van der Waals surface area contributed by atoms with E-state index in [1.54, 1.807) is 6.07 Å². The van der Waals surface area contributed by atoms with Gasteiger partial charge in [-0.2, -0.15) is 0 Å². The van der Waals surface area contributed by atoms with Crippen molar-refractivity contribution in [2.45, 2.75) is 32.2 Å². The highest BCUT2D eigenvalue weighted by atomic mass is 19.1. The quantitative estimate of drug-likeness (QED) is 0.854. The molecule has 0 saturated carbocycles. The van der Waals surface area contributed by atoms with Crippen molar-refractivity contribution in [1.29, 1.82) is 0 Å². The Morgan fingerprint density at radius 3 is 2.67 bits per heavy atom. The molecule has 2 fully saturated rings. The van der Waals surface area contributed by atoms with E-state index in [9.17, 15) is 9.18 Å². The molecule has 0 radical (unpaired) electrons. The van der Waals surface area contributed by atoms with Gasteiger partial charge in [0.05, 0.1) is 5.92 Å². The van der Waals surface area contributed by atoms with Crippen LogP contribution < -0.4 is 0 Å². The maximum Gasteiger partial charge on any atom is 0.226 e. The minimum Gasteiger partial charge on any atom is -0.342 e. The van der Waals surface area contributed by atoms with Crippen LogP contribution >= 0.6 is 0 Å². The number of hydrogen-bond acceptors (Lipinski definition) is 2. The predicted octanol–water partition coefficient (Wildman–Crippen LogP) is 2.66. The highest BCUT2D eigenvalue weighted by Crippen LogP contribution is 2.23. The van der Waals surface area contributed by atoms with Gasteiger partial charge in [0, 0.05) is 31.7 Å². The molecule has 3 nitrogen and oxygen atoms in total. The average molecular weight is 290 g/mol. The Morgan fingerprint density at radius 2 is 1.90 bits per heavy atom. The summed E-state index contributed by atoms with van der Waals surface area (Å²) < 4.78 is 13.7. The lowest BCUT2D eigenvalue weighted by Crippen LogP contribution is -2.43. The van der Waals surface area contributed by atoms with Crippen LogP contribution in [0.5, 0.6) is 0 Å². The molecule has 2 heterocycles. The zero-order valence-electron chi connectivity index (χ0n) is 12.4. The fraction of sp³-hybridized carbons (Fsp3) is 0.588. The Balaban J connectivity index is 1.60. The molecule has 3 rings (SSSR count). The van der Waals surface area contributed by atoms with E-state index in [0.717, 1.165) is 57.4 Å². The van der Waals surface area contributed by atoms with Gasteiger partial charge in [-0.3, -0.25) is 9.69 Å². The number of rotatable bonds is 3. The van der Waals surface area contributed by atoms with Crippen molar-refractivity contribution in [2.24, 2.45) is 5.92 Å². The second-order valence-electron chi connectivity index (χ2n) is 6.20. The third-order valence-corrected chi connectivity index (χ3v) is 4.62. The van der Waals surface area contributed by atoms with Crippen LogP contribution in [0.4, 0.5) is 4.39 Å². The molecule has 2 saturated heterocycles. The lowest BCUT2D eigenvalue weighted by molar-refractivity contribution is -0.136. The lowest BCUT2D eigenvalue weighted by Gasteiger charge is -2.34. The van der Waals surface area contributed by atoms with Crippen LogP contribution in [0.2, 0.25) is 0 Å². The summed E-state index contributed by atoms with van der Waals surface area (Å²) in [5.74, 6) is 0.264. The van der Waals surface area contributed by atoms with Gasteiger partial charge in [0.15, 0.2) is 0 Å². The second kappa shape index (κ2) is 6.56. The zero-order valence-corrected chi connectivity index (χ0v) is 12.4. The summed E-state index contributed by atoms with van der Waals surface area (Å²) in [4.78, 5) is 16.7. The molecule has 1 atom stereocenters. The van der Waals surface area contributed by atoms with E-state index in [2.05, 4.69) is 4.90 Å². The highest BCUT2D eigenvalue weighted by Gasteiger charge is 2.30. The Labute approximate surface area is 125 Å². The molecule has 1 aromatic carbocycles. The molecule has 2 aliphatic heterocycles. The van der Waals surface area contributed by atoms with E-state index in [0.29, 0.717) is 12.5 Å². The molecular formula is C17H23FN2O. The van der Waals surface area contributed by atoms with Crippen molar-refractivity contribution in [3.63, 3.8) is 0 Å². The highest BCUT2D eigenvalue weighted by molar-refractivity contribution is 5.79. The number of nitrogens with zero attached hydrogens (tertiary/aromatic N) is 2. The number of carbonyl (C=O) groups excluding carboxylic acids is 1. The van der Waals surface area contributed by atoms with Gasteiger partial charge in [-0.05, 0) is 38.3 Å². The van der Waals surface area contributed by atoms with Gasteiger partial charge < -0.3 is 4.90 Å². The van der Waals surface area contributed by atoms with Crippen LogP contribution in [-0.2, 0) is 11.3 Å². The molecule has 1 aromatic rings. The number of piperidine rings is 1. The molecule has 0 unspecified atom stereocenters. The summed E-state index contributed by atoms with van der Waals surface area (Å²) in [6.07, 6.45) is 4.27. The molecule has 0 bridgehead atoms. The van der Waals surface area contributed by atoms with Gasteiger partial charge in [0.25, 0.3) is 0 Å². The molecule has 1 amide bonds. The Bertz CT molecular complexity index is 499. The largest absolute Gasteiger partial charge is 0.342 e. The average Bonchev–Trinajstić information content (AvgIpc) is 3.03. The number of halogens is 1. The van der Waals surface area contributed by atoms with Gasteiger partial charge in [0.2, 0.25) is 5.91 Å². The summed E-state index contributed by atoms with van der Waals surface area (Å²) in [5.41, 5.74) is 0.728. The van der Waals surface area contributed by atoms with Crippen molar-refractivity contribution < 1.29 is 9.18 Å². The fourth-order valence-corrected chi connectivity index (χ4v) is 3.46. The maximum absolute atomic E-state index is 13.7. The SMILES string of the molecule is O=C([C@@H]1CCCN(Cc2ccccc2F)C1)N1CCCC1. The van der Waals surface area contributed by atoms with Crippen molar-refractivity contribution in [3.8, 4) is 0 Å². The molecule has 0 aliphatic carbocycles. The van der Waals surface area contributed by atoms with E-state index in [1.807, 2.05) is 17.0 Å². The first-order valence-corrected chi connectivity index (χ1v) is 7.98. The van der Waals surface area contributed by atoms with Crippen LogP contribution in [-0.4, -0.2) is 41.9 Å². The zero-order chi connectivity index (χ0) is 14.7. The third-order valence-electron chi connectivity index (χ3n) is 4.62. The van der Waals surface area contributed by atoms with Crippen LogP contribution in [0, 0.1) is 11.7 Å². The topological polar surface area (TPSA) is 23.6 Å². The van der Waals surface area contributed by atoms with E-state index < -0.39 is 0 Å². The Kier molecular flexibility index (Phi) is 4.54. The van der Waals surface area contributed by atoms with Gasteiger partial charge >= 0.3 is 0 Å². The minimum absolute atomic E-state index is 0.101. The smallest absolute Gasteiger partial charge is 0.226 e. The molecule has 114 valence electrons. The van der Waals surface area contributed by atoms with Crippen molar-refractivity contribution in [1.82, 2.24) is 9.80 Å². The number of amides is 1. The van der Waals surface area contributed by atoms with Crippen molar-refractivity contribution in [2.75, 3.05) is 26.2 Å². The van der Waals surface area contributed by atoms with Crippen LogP contribution in [0.3, 0.4) is 0 Å². The van der Waals surface area contributed by atoms with E-state index in [1.165, 1.54) is 6.07 Å². The van der Waals surface area contributed by atoms with Crippen molar-refractivity contribution >= 4 is 5.91 Å². The molecule has 4 heteroatoms. The first-order chi connectivity index (χ1) is 10.2. The Morgan fingerprint density at radius 1 is 1.14 bits per heavy atom. The van der Waals surface area contributed by atoms with Crippen molar-refractivity contribution in [3.05, 3.63) is 35.6 Å². The first-order valence-electron chi connectivity index (χ1n) is 7.98. The minimum atomic E-state index is -0.148. The lowest BCUT2D eigenvalue weighted by atomic mass is 9.96. The summed E-state index contributed by atoms with van der Waals surface area (Å²) in [5, 5.41) is 0. The van der Waals surface area contributed by atoms with Gasteiger partial charge in [-0.1, -0.05) is 18.2 Å². The van der Waals surface area contributed by atoms with E-state index in [-0.39, 0.29) is 11.7 Å². The second-order valence-corrected chi connectivity index (χ2v) is 6.20. The van der Waals surface area contributed by atoms with Crippen LogP contribution in [0.1, 0.15) is 31.2 Å². The monoisotopic (exact) mass is 290 g/mol. The normalized spacial score (nSPS) is 23.5.